The van der Waals surface area contributed by atoms with Gasteiger partial charge < -0.3 is 14.0 Å². The molecule has 2 heterocycles. The van der Waals surface area contributed by atoms with Crippen molar-refractivity contribution in [1.29, 1.82) is 0 Å². The molecule has 0 spiro atoms. The molecule has 0 amide bonds. The number of hydrogen-bond acceptors (Lipinski definition) is 7. The minimum atomic E-state index is -0.292. The van der Waals surface area contributed by atoms with E-state index in [1.807, 2.05) is 66.5 Å². The fourth-order valence-corrected chi connectivity index (χ4v) is 3.55. The normalized spacial score (nSPS) is 10.9. The molecule has 0 N–H and O–H groups in total. The van der Waals surface area contributed by atoms with Crippen LogP contribution in [0, 0.1) is 0 Å². The van der Waals surface area contributed by atoms with Crippen LogP contribution in [0.1, 0.15) is 26.3 Å². The number of esters is 1. The highest BCUT2D eigenvalue weighted by molar-refractivity contribution is 7.99. The lowest BCUT2D eigenvalue weighted by Gasteiger charge is -2.08. The number of hydrogen-bond donors (Lipinski definition) is 0. The predicted octanol–water partition coefficient (Wildman–Crippen LogP) is 3.42. The summed E-state index contributed by atoms with van der Waals surface area (Å²) >= 11 is 1.31. The summed E-state index contributed by atoms with van der Waals surface area (Å²) in [5.41, 5.74) is 1.75. The molecule has 0 aliphatic rings. The van der Waals surface area contributed by atoms with Gasteiger partial charge in [0, 0.05) is 19.3 Å². The highest BCUT2D eigenvalue weighted by Gasteiger charge is 2.21. The molecule has 0 saturated heterocycles. The van der Waals surface area contributed by atoms with Gasteiger partial charge in [0.25, 0.3) is 0 Å². The first-order valence-corrected chi connectivity index (χ1v) is 10.6. The van der Waals surface area contributed by atoms with Crippen molar-refractivity contribution >= 4 is 17.7 Å². The second kappa shape index (κ2) is 10.1. The lowest BCUT2D eigenvalue weighted by Crippen LogP contribution is -2.08. The standard InChI is InChI=1S/C20H25N5O3S/c1-4-24-12-16(19(23-24)27-6-3)18-21-22-20(25(18)5-2)29-14-17(26)28-13-15-10-8-7-9-11-15/h7-12H,4-6,13-14H2,1-3H3. The number of benzene rings is 1. The molecule has 0 atom stereocenters. The Morgan fingerprint density at radius 2 is 1.90 bits per heavy atom. The molecule has 0 saturated carbocycles. The van der Waals surface area contributed by atoms with Gasteiger partial charge in [-0.05, 0) is 26.3 Å². The zero-order chi connectivity index (χ0) is 20.6. The monoisotopic (exact) mass is 415 g/mol. The smallest absolute Gasteiger partial charge is 0.316 e. The zero-order valence-corrected chi connectivity index (χ0v) is 17.7. The summed E-state index contributed by atoms with van der Waals surface area (Å²) in [6.07, 6.45) is 1.91. The van der Waals surface area contributed by atoms with Gasteiger partial charge in [0.05, 0.1) is 12.4 Å². The zero-order valence-electron chi connectivity index (χ0n) is 16.9. The van der Waals surface area contributed by atoms with Crippen LogP contribution in [0.25, 0.3) is 11.4 Å². The lowest BCUT2D eigenvalue weighted by molar-refractivity contribution is -0.141. The van der Waals surface area contributed by atoms with E-state index in [-0.39, 0.29) is 18.3 Å². The molecule has 154 valence electrons. The lowest BCUT2D eigenvalue weighted by atomic mass is 10.2. The van der Waals surface area contributed by atoms with E-state index in [1.54, 1.807) is 0 Å². The molecule has 3 rings (SSSR count). The molecule has 0 aliphatic carbocycles. The summed E-state index contributed by atoms with van der Waals surface area (Å²) in [4.78, 5) is 12.1. The van der Waals surface area contributed by atoms with Gasteiger partial charge in [-0.15, -0.1) is 15.3 Å². The number of thioether (sulfide) groups is 1. The molecule has 0 fully saturated rings. The Morgan fingerprint density at radius 3 is 2.59 bits per heavy atom. The van der Waals surface area contributed by atoms with Crippen LogP contribution in [0.5, 0.6) is 5.88 Å². The van der Waals surface area contributed by atoms with E-state index < -0.39 is 0 Å². The Morgan fingerprint density at radius 1 is 1.10 bits per heavy atom. The fraction of sp³-hybridized carbons (Fsp3) is 0.400. The summed E-state index contributed by atoms with van der Waals surface area (Å²) in [6, 6.07) is 9.61. The number of nitrogens with zero attached hydrogens (tertiary/aromatic N) is 5. The third kappa shape index (κ3) is 5.17. The number of carbonyl (C=O) groups excluding carboxylic acids is 1. The Kier molecular flexibility index (Phi) is 7.29. The average Bonchev–Trinajstić information content (AvgIpc) is 3.34. The fourth-order valence-electron chi connectivity index (χ4n) is 2.75. The maximum Gasteiger partial charge on any atom is 0.316 e. The number of carbonyl (C=O) groups is 1. The summed E-state index contributed by atoms with van der Waals surface area (Å²) in [6.45, 7) is 8.11. The van der Waals surface area contributed by atoms with Crippen LogP contribution in [-0.4, -0.2) is 42.9 Å². The summed E-state index contributed by atoms with van der Waals surface area (Å²) in [5, 5.41) is 13.7. The number of aromatic nitrogens is 5. The van der Waals surface area contributed by atoms with Crippen molar-refractivity contribution < 1.29 is 14.3 Å². The van der Waals surface area contributed by atoms with E-state index in [2.05, 4.69) is 15.3 Å². The number of rotatable bonds is 10. The SMILES string of the molecule is CCOc1nn(CC)cc1-c1nnc(SCC(=O)OCc2ccccc2)n1CC. The van der Waals surface area contributed by atoms with Gasteiger partial charge in [-0.1, -0.05) is 42.1 Å². The van der Waals surface area contributed by atoms with Crippen LogP contribution < -0.4 is 4.74 Å². The highest BCUT2D eigenvalue weighted by atomic mass is 32.2. The Bertz CT molecular complexity index is 939. The van der Waals surface area contributed by atoms with Gasteiger partial charge in [0.1, 0.15) is 12.2 Å². The first-order valence-electron chi connectivity index (χ1n) is 9.62. The molecule has 8 nitrogen and oxygen atoms in total. The van der Waals surface area contributed by atoms with Crippen molar-refractivity contribution in [1.82, 2.24) is 24.5 Å². The second-order valence-electron chi connectivity index (χ2n) is 6.12. The van der Waals surface area contributed by atoms with Crippen LogP contribution in [-0.2, 0) is 29.2 Å². The summed E-state index contributed by atoms with van der Waals surface area (Å²) < 4.78 is 14.8. The summed E-state index contributed by atoms with van der Waals surface area (Å²) in [5.74, 6) is 1.09. The van der Waals surface area contributed by atoms with Crippen molar-refractivity contribution in [2.45, 2.75) is 45.6 Å². The molecule has 1 aromatic carbocycles. The first-order chi connectivity index (χ1) is 14.2. The van der Waals surface area contributed by atoms with Crippen LogP contribution >= 0.6 is 11.8 Å². The van der Waals surface area contributed by atoms with E-state index in [4.69, 9.17) is 9.47 Å². The second-order valence-corrected chi connectivity index (χ2v) is 7.06. The molecule has 0 radical (unpaired) electrons. The maximum absolute atomic E-state index is 12.1. The average molecular weight is 416 g/mol. The van der Waals surface area contributed by atoms with Crippen LogP contribution in [0.15, 0.2) is 41.7 Å². The van der Waals surface area contributed by atoms with Crippen molar-refractivity contribution in [3.05, 3.63) is 42.1 Å². The molecule has 0 aliphatic heterocycles. The largest absolute Gasteiger partial charge is 0.476 e. The van der Waals surface area contributed by atoms with E-state index in [9.17, 15) is 4.79 Å². The molecular formula is C20H25N5O3S. The van der Waals surface area contributed by atoms with Crippen molar-refractivity contribution in [2.75, 3.05) is 12.4 Å². The molecule has 9 heteroatoms. The number of ether oxygens (including phenoxy) is 2. The third-order valence-electron chi connectivity index (χ3n) is 4.17. The van der Waals surface area contributed by atoms with Gasteiger partial charge in [0.2, 0.25) is 5.88 Å². The van der Waals surface area contributed by atoms with Crippen molar-refractivity contribution in [2.24, 2.45) is 0 Å². The minimum absolute atomic E-state index is 0.164. The molecule has 29 heavy (non-hydrogen) atoms. The quantitative estimate of drug-likeness (QED) is 0.370. The molecule has 2 aromatic heterocycles. The first kappa shape index (κ1) is 20.9. The van der Waals surface area contributed by atoms with E-state index in [1.165, 1.54) is 11.8 Å². The van der Waals surface area contributed by atoms with Gasteiger partial charge in [-0.2, -0.15) is 0 Å². The maximum atomic E-state index is 12.1. The Hall–Kier alpha value is -2.81. The van der Waals surface area contributed by atoms with E-state index in [0.717, 1.165) is 17.7 Å². The van der Waals surface area contributed by atoms with E-state index in [0.29, 0.717) is 30.0 Å². The van der Waals surface area contributed by atoms with Gasteiger partial charge in [-0.25, -0.2) is 0 Å². The molecule has 0 bridgehead atoms. The van der Waals surface area contributed by atoms with Crippen molar-refractivity contribution in [3.8, 4) is 17.3 Å². The molecule has 3 aromatic rings. The van der Waals surface area contributed by atoms with Gasteiger partial charge in [-0.3, -0.25) is 9.48 Å². The van der Waals surface area contributed by atoms with Gasteiger partial charge >= 0.3 is 5.97 Å². The third-order valence-corrected chi connectivity index (χ3v) is 5.11. The molecular weight excluding hydrogens is 390 g/mol. The highest BCUT2D eigenvalue weighted by Crippen LogP contribution is 2.30. The summed E-state index contributed by atoms with van der Waals surface area (Å²) in [7, 11) is 0. The Labute approximate surface area is 174 Å². The number of aryl methyl sites for hydroxylation is 1. The minimum Gasteiger partial charge on any atom is -0.476 e. The van der Waals surface area contributed by atoms with Crippen LogP contribution in [0.2, 0.25) is 0 Å². The molecule has 0 unspecified atom stereocenters. The predicted molar refractivity (Wildman–Crippen MR) is 111 cm³/mol. The van der Waals surface area contributed by atoms with Gasteiger partial charge in [0.15, 0.2) is 11.0 Å². The van der Waals surface area contributed by atoms with Crippen LogP contribution in [0.4, 0.5) is 0 Å². The topological polar surface area (TPSA) is 84.1 Å². The van der Waals surface area contributed by atoms with E-state index >= 15 is 0 Å². The van der Waals surface area contributed by atoms with Crippen molar-refractivity contribution in [3.63, 3.8) is 0 Å². The Balaban J connectivity index is 1.68. The van der Waals surface area contributed by atoms with Crippen LogP contribution in [0.3, 0.4) is 0 Å².